The third-order valence-corrected chi connectivity index (χ3v) is 6.98. The number of rotatable bonds is 3. The fourth-order valence-corrected chi connectivity index (χ4v) is 5.29. The van der Waals surface area contributed by atoms with Gasteiger partial charge in [-0.05, 0) is 104 Å². The summed E-state index contributed by atoms with van der Waals surface area (Å²) in [4.78, 5) is 0. The molecule has 0 bridgehead atoms. The van der Waals surface area contributed by atoms with E-state index in [9.17, 15) is 13.2 Å². The lowest BCUT2D eigenvalue weighted by atomic mass is 9.64. The Morgan fingerprint density at radius 3 is 2.21 bits per heavy atom. The van der Waals surface area contributed by atoms with E-state index in [1.165, 1.54) is 37.5 Å². The molecule has 0 saturated heterocycles. The van der Waals surface area contributed by atoms with Crippen molar-refractivity contribution in [1.29, 1.82) is 0 Å². The third kappa shape index (κ3) is 3.64. The van der Waals surface area contributed by atoms with Crippen molar-refractivity contribution in [3.05, 3.63) is 71.6 Å². The van der Waals surface area contributed by atoms with Crippen molar-refractivity contribution in [2.24, 2.45) is 17.8 Å². The predicted octanol–water partition coefficient (Wildman–Crippen LogP) is 7.57. The van der Waals surface area contributed by atoms with E-state index in [0.717, 1.165) is 30.7 Å². The summed E-state index contributed by atoms with van der Waals surface area (Å²) in [6.45, 7) is 5.57. The van der Waals surface area contributed by atoms with Gasteiger partial charge in [0.25, 0.3) is 0 Å². The minimum absolute atomic E-state index is 0.136. The Kier molecular flexibility index (Phi) is 5.35. The maximum atomic E-state index is 14.8. The molecule has 0 N–H and O–H groups in total. The largest absolute Gasteiger partial charge is 0.207 e. The minimum Gasteiger partial charge on any atom is -0.207 e. The summed E-state index contributed by atoms with van der Waals surface area (Å²) < 4.78 is 43.5. The highest BCUT2D eigenvalue weighted by atomic mass is 19.1. The first kappa shape index (κ1) is 19.3. The molecule has 0 spiro atoms. The van der Waals surface area contributed by atoms with Crippen LogP contribution in [0.3, 0.4) is 0 Å². The molecule has 3 heteroatoms. The molecule has 0 aromatic heterocycles. The number of fused-ring (bicyclic) bond motifs is 1. The smallest absolute Gasteiger partial charge is 0.134 e. The first-order chi connectivity index (χ1) is 13.5. The van der Waals surface area contributed by atoms with Crippen LogP contribution in [0.5, 0.6) is 0 Å². The SMILES string of the molecule is C=CC1CCC2CC(c3cc(F)c(-c4ccc(C)c(F)c4)c(F)c3)CCC2C1. The van der Waals surface area contributed by atoms with Gasteiger partial charge in [0.15, 0.2) is 0 Å². The fraction of sp³-hybridized carbons (Fsp3) is 0.440. The van der Waals surface area contributed by atoms with Crippen LogP contribution in [0.2, 0.25) is 0 Å². The quantitative estimate of drug-likeness (QED) is 0.479. The van der Waals surface area contributed by atoms with E-state index < -0.39 is 17.5 Å². The van der Waals surface area contributed by atoms with Crippen LogP contribution in [0.25, 0.3) is 11.1 Å². The highest BCUT2D eigenvalue weighted by Crippen LogP contribution is 2.48. The van der Waals surface area contributed by atoms with Crippen LogP contribution < -0.4 is 0 Å². The third-order valence-electron chi connectivity index (χ3n) is 6.98. The van der Waals surface area contributed by atoms with Gasteiger partial charge in [-0.3, -0.25) is 0 Å². The van der Waals surface area contributed by atoms with Crippen molar-refractivity contribution >= 4 is 0 Å². The van der Waals surface area contributed by atoms with Gasteiger partial charge >= 0.3 is 0 Å². The molecule has 4 rings (SSSR count). The molecular formula is C25H27F3. The summed E-state index contributed by atoms with van der Waals surface area (Å²) >= 11 is 0. The molecule has 2 aromatic rings. The lowest BCUT2D eigenvalue weighted by molar-refractivity contribution is 0.133. The molecule has 2 aromatic carbocycles. The Bertz CT molecular complexity index is 862. The molecule has 4 unspecified atom stereocenters. The maximum Gasteiger partial charge on any atom is 0.134 e. The van der Waals surface area contributed by atoms with Crippen LogP contribution in [-0.2, 0) is 0 Å². The molecule has 2 aliphatic rings. The highest BCUT2D eigenvalue weighted by molar-refractivity contribution is 5.66. The molecule has 0 amide bonds. The van der Waals surface area contributed by atoms with Gasteiger partial charge in [0, 0.05) is 0 Å². The second-order valence-corrected chi connectivity index (χ2v) is 8.66. The van der Waals surface area contributed by atoms with Crippen LogP contribution in [0.15, 0.2) is 43.0 Å². The molecular weight excluding hydrogens is 357 g/mol. The first-order valence-electron chi connectivity index (χ1n) is 10.3. The van der Waals surface area contributed by atoms with E-state index in [1.54, 1.807) is 19.1 Å². The average Bonchev–Trinajstić information content (AvgIpc) is 2.69. The van der Waals surface area contributed by atoms with Crippen molar-refractivity contribution in [2.45, 2.75) is 51.4 Å². The summed E-state index contributed by atoms with van der Waals surface area (Å²) in [5.41, 5.74) is 1.32. The zero-order valence-corrected chi connectivity index (χ0v) is 16.4. The molecule has 148 valence electrons. The Morgan fingerprint density at radius 2 is 1.54 bits per heavy atom. The van der Waals surface area contributed by atoms with Crippen LogP contribution in [-0.4, -0.2) is 0 Å². The van der Waals surface area contributed by atoms with E-state index in [4.69, 9.17) is 0 Å². The first-order valence-corrected chi connectivity index (χ1v) is 10.3. The molecule has 0 aliphatic heterocycles. The second-order valence-electron chi connectivity index (χ2n) is 8.66. The number of allylic oxidation sites excluding steroid dienone is 1. The van der Waals surface area contributed by atoms with Gasteiger partial charge < -0.3 is 0 Å². The standard InChI is InChI=1S/C25H27F3/c1-3-16-5-7-18-11-19(9-8-17(18)10-16)21-13-23(27)25(24(28)14-21)20-6-4-15(2)22(26)12-20/h3-4,6,12-14,16-19H,1,5,7-11H2,2H3. The van der Waals surface area contributed by atoms with E-state index >= 15 is 0 Å². The van der Waals surface area contributed by atoms with Crippen molar-refractivity contribution in [3.8, 4) is 11.1 Å². The van der Waals surface area contributed by atoms with Gasteiger partial charge in [-0.1, -0.05) is 18.2 Å². The van der Waals surface area contributed by atoms with Crippen molar-refractivity contribution in [1.82, 2.24) is 0 Å². The van der Waals surface area contributed by atoms with Gasteiger partial charge in [0.1, 0.15) is 17.5 Å². The van der Waals surface area contributed by atoms with Gasteiger partial charge in [0.2, 0.25) is 0 Å². The molecule has 4 atom stereocenters. The summed E-state index contributed by atoms with van der Waals surface area (Å²) in [6.07, 6.45) is 8.75. The van der Waals surface area contributed by atoms with Gasteiger partial charge in [-0.2, -0.15) is 0 Å². The molecule has 2 saturated carbocycles. The number of hydrogen-bond acceptors (Lipinski definition) is 0. The van der Waals surface area contributed by atoms with E-state index in [1.807, 2.05) is 0 Å². The lowest BCUT2D eigenvalue weighted by Crippen LogP contribution is -2.30. The Hall–Kier alpha value is -2.03. The summed E-state index contributed by atoms with van der Waals surface area (Å²) in [5.74, 6) is 0.543. The van der Waals surface area contributed by atoms with Crippen LogP contribution in [0.4, 0.5) is 13.2 Å². The number of benzene rings is 2. The maximum absolute atomic E-state index is 14.8. The van der Waals surface area contributed by atoms with Crippen LogP contribution >= 0.6 is 0 Å². The monoisotopic (exact) mass is 384 g/mol. The van der Waals surface area contributed by atoms with E-state index in [-0.39, 0.29) is 17.0 Å². The van der Waals surface area contributed by atoms with Crippen molar-refractivity contribution < 1.29 is 13.2 Å². The van der Waals surface area contributed by atoms with Gasteiger partial charge in [-0.15, -0.1) is 6.58 Å². The average molecular weight is 384 g/mol. The summed E-state index contributed by atoms with van der Waals surface area (Å²) in [7, 11) is 0. The Balaban J connectivity index is 1.57. The predicted molar refractivity (Wildman–Crippen MR) is 108 cm³/mol. The van der Waals surface area contributed by atoms with Crippen LogP contribution in [0.1, 0.15) is 55.6 Å². The number of aryl methyl sites for hydroxylation is 1. The molecule has 2 fully saturated rings. The minimum atomic E-state index is -0.601. The summed E-state index contributed by atoms with van der Waals surface area (Å²) in [5, 5.41) is 0. The number of hydrogen-bond donors (Lipinski definition) is 0. The Morgan fingerprint density at radius 1 is 0.857 bits per heavy atom. The van der Waals surface area contributed by atoms with Crippen molar-refractivity contribution in [2.75, 3.05) is 0 Å². The summed E-state index contributed by atoms with van der Waals surface area (Å²) in [6, 6.07) is 7.27. The zero-order valence-electron chi connectivity index (χ0n) is 16.4. The fourth-order valence-electron chi connectivity index (χ4n) is 5.29. The van der Waals surface area contributed by atoms with Gasteiger partial charge in [-0.25, -0.2) is 13.2 Å². The highest BCUT2D eigenvalue weighted by Gasteiger charge is 2.35. The second kappa shape index (κ2) is 7.77. The van der Waals surface area contributed by atoms with Crippen LogP contribution in [0, 0.1) is 42.1 Å². The topological polar surface area (TPSA) is 0 Å². The normalized spacial score (nSPS) is 27.3. The van der Waals surface area contributed by atoms with Crippen molar-refractivity contribution in [3.63, 3.8) is 0 Å². The molecule has 28 heavy (non-hydrogen) atoms. The van der Waals surface area contributed by atoms with E-state index in [2.05, 4.69) is 12.7 Å². The van der Waals surface area contributed by atoms with E-state index in [0.29, 0.717) is 17.4 Å². The molecule has 0 radical (unpaired) electrons. The number of halogens is 3. The molecule has 0 nitrogen and oxygen atoms in total. The zero-order chi connectivity index (χ0) is 19.8. The van der Waals surface area contributed by atoms with Gasteiger partial charge in [0.05, 0.1) is 5.56 Å². The molecule has 0 heterocycles. The lowest BCUT2D eigenvalue weighted by Gasteiger charge is -2.41. The molecule has 2 aliphatic carbocycles. The Labute approximate surface area is 165 Å².